The summed E-state index contributed by atoms with van der Waals surface area (Å²) < 4.78 is 46.1. The lowest BCUT2D eigenvalue weighted by molar-refractivity contribution is 0.348. The maximum Gasteiger partial charge on any atom is 0.280 e. The minimum absolute atomic E-state index is 0.00339. The van der Waals surface area contributed by atoms with Crippen molar-refractivity contribution in [2.24, 2.45) is 0 Å². The first kappa shape index (κ1) is 26.3. The summed E-state index contributed by atoms with van der Waals surface area (Å²) in [6.45, 7) is 5.66. The van der Waals surface area contributed by atoms with Gasteiger partial charge in [0.05, 0.1) is 14.2 Å². The molecule has 0 bridgehead atoms. The molecule has 11 heteroatoms. The highest BCUT2D eigenvalue weighted by Crippen LogP contribution is 2.41. The van der Waals surface area contributed by atoms with E-state index in [4.69, 9.17) is 14.2 Å². The molecule has 0 aliphatic heterocycles. The van der Waals surface area contributed by atoms with Crippen LogP contribution in [0.1, 0.15) is 12.5 Å². The second-order valence-corrected chi connectivity index (χ2v) is 9.57. The smallest absolute Gasteiger partial charge is 0.280 e. The standard InChI is InChI=1S/C27H25N5O5S/c1-18(2)9-10-19-11-12-23(29-17-19)38(33,34)32-26-24(37-22-8-6-5-7-21(22)35-3)27(36-4)31-25(30-26)20-13-15-28-16-14-20/h5-17H,1H2,2-4H3,(H,30,31,32). The third-order valence-corrected chi connectivity index (χ3v) is 6.33. The van der Waals surface area contributed by atoms with Crippen molar-refractivity contribution in [2.45, 2.75) is 11.9 Å². The summed E-state index contributed by atoms with van der Waals surface area (Å²) in [5, 5.41) is -0.212. The molecule has 4 rings (SSSR count). The Bertz CT molecular complexity index is 1570. The fourth-order valence-corrected chi connectivity index (χ4v) is 4.18. The molecule has 0 radical (unpaired) electrons. The molecule has 194 valence electrons. The maximum absolute atomic E-state index is 13.4. The first-order chi connectivity index (χ1) is 18.3. The number of nitrogens with one attached hydrogen (secondary N) is 1. The van der Waals surface area contributed by atoms with Gasteiger partial charge in [0, 0.05) is 24.2 Å². The third kappa shape index (κ3) is 6.13. The lowest BCUT2D eigenvalue weighted by Gasteiger charge is -2.17. The molecule has 0 aliphatic carbocycles. The molecule has 1 aromatic carbocycles. The summed E-state index contributed by atoms with van der Waals surface area (Å²) in [6, 6.07) is 13.3. The van der Waals surface area contributed by atoms with Gasteiger partial charge in [-0.3, -0.25) is 9.71 Å². The summed E-state index contributed by atoms with van der Waals surface area (Å²) in [4.78, 5) is 17.0. The number of hydrogen-bond acceptors (Lipinski definition) is 9. The largest absolute Gasteiger partial charge is 0.493 e. The number of benzene rings is 1. The fourth-order valence-electron chi connectivity index (χ4n) is 3.24. The van der Waals surface area contributed by atoms with Gasteiger partial charge < -0.3 is 14.2 Å². The molecule has 1 N–H and O–H groups in total. The van der Waals surface area contributed by atoms with Crippen LogP contribution in [0.4, 0.5) is 5.82 Å². The van der Waals surface area contributed by atoms with Crippen LogP contribution >= 0.6 is 0 Å². The minimum Gasteiger partial charge on any atom is -0.493 e. The van der Waals surface area contributed by atoms with E-state index in [1.54, 1.807) is 67.0 Å². The van der Waals surface area contributed by atoms with Crippen molar-refractivity contribution in [2.75, 3.05) is 18.9 Å². The molecule has 0 saturated heterocycles. The van der Waals surface area contributed by atoms with E-state index >= 15 is 0 Å². The average molecular weight is 532 g/mol. The Morgan fingerprint density at radius 2 is 1.71 bits per heavy atom. The minimum atomic E-state index is -4.19. The molecule has 3 aromatic heterocycles. The summed E-state index contributed by atoms with van der Waals surface area (Å²) in [5.41, 5.74) is 2.17. The highest BCUT2D eigenvalue weighted by Gasteiger charge is 2.25. The highest BCUT2D eigenvalue weighted by atomic mass is 32.2. The first-order valence-electron chi connectivity index (χ1n) is 11.3. The van der Waals surface area contributed by atoms with Crippen LogP contribution in [0.5, 0.6) is 23.1 Å². The molecule has 0 aliphatic rings. The quantitative estimate of drug-likeness (QED) is 0.277. The molecule has 0 fully saturated rings. The van der Waals surface area contributed by atoms with Crippen molar-refractivity contribution in [1.29, 1.82) is 0 Å². The van der Waals surface area contributed by atoms with Gasteiger partial charge in [0.15, 0.2) is 28.2 Å². The summed E-state index contributed by atoms with van der Waals surface area (Å²) in [7, 11) is -1.30. The van der Waals surface area contributed by atoms with Crippen molar-refractivity contribution in [3.8, 4) is 34.5 Å². The van der Waals surface area contributed by atoms with Gasteiger partial charge >= 0.3 is 0 Å². The van der Waals surface area contributed by atoms with Gasteiger partial charge in [-0.05, 0) is 42.8 Å². The van der Waals surface area contributed by atoms with Crippen molar-refractivity contribution < 1.29 is 22.6 Å². The van der Waals surface area contributed by atoms with Gasteiger partial charge in [0.1, 0.15) is 0 Å². The van der Waals surface area contributed by atoms with Gasteiger partial charge in [0.2, 0.25) is 5.75 Å². The number of ether oxygens (including phenoxy) is 3. The van der Waals surface area contributed by atoms with E-state index < -0.39 is 10.0 Å². The van der Waals surface area contributed by atoms with Crippen LogP contribution in [0.2, 0.25) is 0 Å². The molecule has 0 unspecified atom stereocenters. The number of para-hydroxylation sites is 2. The van der Waals surface area contributed by atoms with E-state index in [9.17, 15) is 8.42 Å². The molecule has 0 saturated carbocycles. The van der Waals surface area contributed by atoms with Crippen molar-refractivity contribution in [3.05, 3.63) is 90.9 Å². The van der Waals surface area contributed by atoms with Crippen LogP contribution < -0.4 is 18.9 Å². The Kier molecular flexibility index (Phi) is 7.97. The number of aromatic nitrogens is 4. The Balaban J connectivity index is 1.79. The number of pyridine rings is 2. The van der Waals surface area contributed by atoms with Gasteiger partial charge in [0.25, 0.3) is 15.9 Å². The number of allylic oxidation sites excluding steroid dienone is 2. The van der Waals surface area contributed by atoms with Crippen LogP contribution in [0.25, 0.3) is 17.5 Å². The van der Waals surface area contributed by atoms with Crippen molar-refractivity contribution >= 4 is 21.9 Å². The van der Waals surface area contributed by atoms with E-state index in [1.165, 1.54) is 26.5 Å². The normalized spacial score (nSPS) is 11.2. The van der Waals surface area contributed by atoms with E-state index in [-0.39, 0.29) is 28.3 Å². The van der Waals surface area contributed by atoms with Gasteiger partial charge in [-0.2, -0.15) is 13.4 Å². The molecule has 0 amide bonds. The average Bonchev–Trinajstić information content (AvgIpc) is 2.93. The Hall–Kier alpha value is -4.77. The first-order valence-corrected chi connectivity index (χ1v) is 12.8. The highest BCUT2D eigenvalue weighted by molar-refractivity contribution is 7.92. The SMILES string of the molecule is C=C(C)C=Cc1ccc(S(=O)(=O)Nc2nc(-c3ccncc3)nc(OC)c2Oc2ccccc2OC)nc1. The number of nitrogens with zero attached hydrogens (tertiary/aromatic N) is 4. The number of anilines is 1. The van der Waals surface area contributed by atoms with Gasteiger partial charge in [-0.15, -0.1) is 0 Å². The number of sulfonamides is 1. The van der Waals surface area contributed by atoms with Crippen LogP contribution in [-0.4, -0.2) is 42.6 Å². The molecular weight excluding hydrogens is 506 g/mol. The van der Waals surface area contributed by atoms with Gasteiger partial charge in [-0.25, -0.2) is 9.97 Å². The second-order valence-electron chi connectivity index (χ2n) is 7.94. The fraction of sp³-hybridized carbons (Fsp3) is 0.111. The van der Waals surface area contributed by atoms with Gasteiger partial charge in [-0.1, -0.05) is 42.5 Å². The predicted molar refractivity (Wildman–Crippen MR) is 144 cm³/mol. The van der Waals surface area contributed by atoms with Crippen LogP contribution in [-0.2, 0) is 10.0 Å². The molecule has 10 nitrogen and oxygen atoms in total. The Morgan fingerprint density at radius 1 is 0.974 bits per heavy atom. The molecule has 0 spiro atoms. The zero-order valence-electron chi connectivity index (χ0n) is 21.0. The monoisotopic (exact) mass is 531 g/mol. The summed E-state index contributed by atoms with van der Waals surface area (Å²) in [6.07, 6.45) is 8.18. The number of methoxy groups -OCH3 is 2. The van der Waals surface area contributed by atoms with E-state index in [2.05, 4.69) is 31.2 Å². The third-order valence-electron chi connectivity index (χ3n) is 5.07. The van der Waals surface area contributed by atoms with Crippen LogP contribution in [0.15, 0.2) is 90.4 Å². The Labute approximate surface area is 220 Å². The molecule has 38 heavy (non-hydrogen) atoms. The Morgan fingerprint density at radius 3 is 2.34 bits per heavy atom. The number of hydrogen-bond donors (Lipinski definition) is 1. The van der Waals surface area contributed by atoms with Crippen LogP contribution in [0, 0.1) is 0 Å². The van der Waals surface area contributed by atoms with E-state index in [1.807, 2.05) is 6.92 Å². The van der Waals surface area contributed by atoms with E-state index in [0.29, 0.717) is 17.1 Å². The lowest BCUT2D eigenvalue weighted by atomic mass is 10.2. The topological polar surface area (TPSA) is 125 Å². The summed E-state index contributed by atoms with van der Waals surface area (Å²) in [5.74, 6) is 0.718. The number of rotatable bonds is 10. The zero-order valence-corrected chi connectivity index (χ0v) is 21.8. The summed E-state index contributed by atoms with van der Waals surface area (Å²) >= 11 is 0. The zero-order chi connectivity index (χ0) is 27.1. The molecule has 4 aromatic rings. The van der Waals surface area contributed by atoms with E-state index in [0.717, 1.165) is 11.1 Å². The predicted octanol–water partition coefficient (Wildman–Crippen LogP) is 5.13. The van der Waals surface area contributed by atoms with Crippen molar-refractivity contribution in [3.63, 3.8) is 0 Å². The molecule has 3 heterocycles. The second kappa shape index (κ2) is 11.5. The lowest BCUT2D eigenvalue weighted by Crippen LogP contribution is -2.17. The maximum atomic E-state index is 13.4. The molecule has 0 atom stereocenters. The molecular formula is C27H25N5O5S. The van der Waals surface area contributed by atoms with Crippen molar-refractivity contribution in [1.82, 2.24) is 19.9 Å². The van der Waals surface area contributed by atoms with Crippen LogP contribution in [0.3, 0.4) is 0 Å².